The fraction of sp³-hybridized carbons (Fsp3) is 0.286. The van der Waals surface area contributed by atoms with Gasteiger partial charge in [0.1, 0.15) is 3.70 Å². The first kappa shape index (κ1) is 11.8. The molecule has 0 atom stereocenters. The van der Waals surface area contributed by atoms with Crippen LogP contribution in [0.15, 0.2) is 6.07 Å². The first-order valence-electron chi connectivity index (χ1n) is 3.25. The summed E-state index contributed by atoms with van der Waals surface area (Å²) in [6.45, 7) is 0. The van der Waals surface area contributed by atoms with Gasteiger partial charge in [-0.1, -0.05) is 0 Å². The molecule has 0 fully saturated rings. The molecule has 1 heterocycles. The van der Waals surface area contributed by atoms with Crippen LogP contribution in [-0.4, -0.2) is 4.98 Å². The molecular formula is C7H4ClF2I2N. The molecule has 0 unspecified atom stereocenters. The number of halogens is 5. The van der Waals surface area contributed by atoms with Crippen LogP contribution < -0.4 is 0 Å². The Morgan fingerprint density at radius 1 is 1.46 bits per heavy atom. The maximum Gasteiger partial charge on any atom is 0.267 e. The van der Waals surface area contributed by atoms with Crippen LogP contribution in [0.2, 0.25) is 0 Å². The molecule has 0 aliphatic rings. The average Bonchev–Trinajstić information content (AvgIpc) is 2.02. The Bertz CT molecular complexity index is 296. The molecule has 1 rings (SSSR count). The zero-order chi connectivity index (χ0) is 10.0. The lowest BCUT2D eigenvalue weighted by atomic mass is 10.3. The lowest BCUT2D eigenvalue weighted by Gasteiger charge is -2.06. The van der Waals surface area contributed by atoms with Crippen LogP contribution in [0, 0.1) is 7.27 Å². The summed E-state index contributed by atoms with van der Waals surface area (Å²) in [6.07, 6.45) is -2.48. The number of nitrogens with zero attached hydrogens (tertiary/aromatic N) is 1. The zero-order valence-electron chi connectivity index (χ0n) is 6.20. The second-order valence-corrected chi connectivity index (χ2v) is 4.69. The van der Waals surface area contributed by atoms with Gasteiger partial charge >= 0.3 is 0 Å². The van der Waals surface area contributed by atoms with Crippen molar-refractivity contribution in [1.29, 1.82) is 0 Å². The zero-order valence-corrected chi connectivity index (χ0v) is 11.3. The van der Waals surface area contributed by atoms with E-state index in [4.69, 9.17) is 11.6 Å². The summed E-state index contributed by atoms with van der Waals surface area (Å²) in [5.41, 5.74) is 0.620. The van der Waals surface area contributed by atoms with Gasteiger partial charge in [-0.3, -0.25) is 0 Å². The number of alkyl halides is 3. The molecule has 0 aliphatic heterocycles. The molecule has 6 heteroatoms. The quantitative estimate of drug-likeness (QED) is 0.394. The maximum atomic E-state index is 12.4. The Labute approximate surface area is 107 Å². The largest absolute Gasteiger partial charge is 0.267 e. The monoisotopic (exact) mass is 429 g/mol. The van der Waals surface area contributed by atoms with Gasteiger partial charge in [-0.15, -0.1) is 11.6 Å². The minimum atomic E-state index is -2.48. The maximum absolute atomic E-state index is 12.4. The molecule has 0 aromatic carbocycles. The van der Waals surface area contributed by atoms with Gasteiger partial charge in [0.2, 0.25) is 0 Å². The lowest BCUT2D eigenvalue weighted by molar-refractivity contribution is 0.149. The summed E-state index contributed by atoms with van der Waals surface area (Å²) in [5, 5.41) is 0. The molecule has 0 amide bonds. The topological polar surface area (TPSA) is 12.9 Å². The van der Waals surface area contributed by atoms with Gasteiger partial charge in [0, 0.05) is 3.57 Å². The van der Waals surface area contributed by atoms with E-state index in [2.05, 4.69) is 4.98 Å². The first-order valence-corrected chi connectivity index (χ1v) is 5.94. The first-order chi connectivity index (χ1) is 6.06. The van der Waals surface area contributed by atoms with E-state index in [1.807, 2.05) is 22.6 Å². The minimum absolute atomic E-state index is 0.00457. The molecule has 0 saturated heterocycles. The van der Waals surface area contributed by atoms with Gasteiger partial charge in [0.25, 0.3) is 6.43 Å². The molecule has 0 saturated carbocycles. The van der Waals surface area contributed by atoms with Crippen molar-refractivity contribution in [3.05, 3.63) is 24.6 Å². The Morgan fingerprint density at radius 3 is 2.46 bits per heavy atom. The molecule has 0 N–H and O–H groups in total. The number of aromatic nitrogens is 1. The highest BCUT2D eigenvalue weighted by molar-refractivity contribution is 14.1. The number of rotatable bonds is 2. The molecule has 1 aromatic rings. The smallest absolute Gasteiger partial charge is 0.245 e. The summed E-state index contributed by atoms with van der Waals surface area (Å²) >= 11 is 9.21. The molecule has 0 radical (unpaired) electrons. The van der Waals surface area contributed by atoms with Gasteiger partial charge in [0.15, 0.2) is 0 Å². The molecule has 1 nitrogen and oxygen atoms in total. The van der Waals surface area contributed by atoms with Crippen LogP contribution in [0.4, 0.5) is 8.78 Å². The van der Waals surface area contributed by atoms with Gasteiger partial charge < -0.3 is 0 Å². The second-order valence-electron chi connectivity index (χ2n) is 2.23. The molecule has 13 heavy (non-hydrogen) atoms. The van der Waals surface area contributed by atoms with E-state index in [9.17, 15) is 8.78 Å². The van der Waals surface area contributed by atoms with Gasteiger partial charge in [0.05, 0.1) is 17.1 Å². The number of hydrogen-bond acceptors (Lipinski definition) is 1. The third-order valence-corrected chi connectivity index (χ3v) is 3.36. The average molecular weight is 429 g/mol. The Morgan fingerprint density at radius 2 is 2.08 bits per heavy atom. The molecular weight excluding hydrogens is 425 g/mol. The van der Waals surface area contributed by atoms with Gasteiger partial charge in [-0.2, -0.15) is 0 Å². The van der Waals surface area contributed by atoms with E-state index in [1.165, 1.54) is 0 Å². The predicted octanol–water partition coefficient (Wildman–Crippen LogP) is 3.97. The van der Waals surface area contributed by atoms with Crippen molar-refractivity contribution in [3.63, 3.8) is 0 Å². The number of hydrogen-bond donors (Lipinski definition) is 0. The van der Waals surface area contributed by atoms with Gasteiger partial charge in [-0.05, 0) is 51.2 Å². The Balaban J connectivity index is 3.23. The summed E-state index contributed by atoms with van der Waals surface area (Å²) in [6, 6.07) is 1.58. The van der Waals surface area contributed by atoms with Crippen molar-refractivity contribution < 1.29 is 8.78 Å². The Hall–Kier alpha value is 0.760. The molecule has 1 aromatic heterocycles. The van der Waals surface area contributed by atoms with Crippen LogP contribution in [0.1, 0.15) is 17.7 Å². The molecule has 0 bridgehead atoms. The van der Waals surface area contributed by atoms with E-state index in [1.54, 1.807) is 28.7 Å². The van der Waals surface area contributed by atoms with E-state index >= 15 is 0 Å². The highest BCUT2D eigenvalue weighted by atomic mass is 127. The van der Waals surface area contributed by atoms with E-state index in [-0.39, 0.29) is 11.4 Å². The molecule has 0 aliphatic carbocycles. The second kappa shape index (κ2) is 5.01. The fourth-order valence-electron chi connectivity index (χ4n) is 0.804. The van der Waals surface area contributed by atoms with E-state index in [0.717, 1.165) is 0 Å². The molecule has 0 spiro atoms. The van der Waals surface area contributed by atoms with Crippen molar-refractivity contribution >= 4 is 56.8 Å². The predicted molar refractivity (Wildman–Crippen MR) is 64.2 cm³/mol. The summed E-state index contributed by atoms with van der Waals surface area (Å²) < 4.78 is 25.7. The standard InChI is InChI=1S/C7H4ClF2I2N/c8-2-3-1-4(11)5(6(9)10)7(12)13-3/h1,6H,2H2. The van der Waals surface area contributed by atoms with Gasteiger partial charge in [-0.25, -0.2) is 13.8 Å². The van der Waals surface area contributed by atoms with Crippen LogP contribution >= 0.6 is 56.8 Å². The summed E-state index contributed by atoms with van der Waals surface area (Å²) in [4.78, 5) is 3.94. The van der Waals surface area contributed by atoms with Crippen LogP contribution in [0.25, 0.3) is 0 Å². The van der Waals surface area contributed by atoms with Crippen molar-refractivity contribution in [2.24, 2.45) is 0 Å². The van der Waals surface area contributed by atoms with Crippen LogP contribution in [0.5, 0.6) is 0 Å². The summed E-state index contributed by atoms with van der Waals surface area (Å²) in [7, 11) is 0. The highest BCUT2D eigenvalue weighted by Crippen LogP contribution is 2.28. The van der Waals surface area contributed by atoms with E-state index < -0.39 is 6.43 Å². The number of pyridine rings is 1. The van der Waals surface area contributed by atoms with Crippen molar-refractivity contribution in [2.45, 2.75) is 12.3 Å². The minimum Gasteiger partial charge on any atom is -0.245 e. The fourth-order valence-corrected chi connectivity index (χ4v) is 3.14. The molecule has 72 valence electrons. The van der Waals surface area contributed by atoms with Crippen molar-refractivity contribution in [3.8, 4) is 0 Å². The van der Waals surface area contributed by atoms with Crippen LogP contribution in [0.3, 0.4) is 0 Å². The highest BCUT2D eigenvalue weighted by Gasteiger charge is 2.17. The Kier molecular flexibility index (Phi) is 4.56. The lowest BCUT2D eigenvalue weighted by Crippen LogP contribution is -2.00. The van der Waals surface area contributed by atoms with Crippen LogP contribution in [-0.2, 0) is 5.88 Å². The van der Waals surface area contributed by atoms with Crippen molar-refractivity contribution in [2.75, 3.05) is 0 Å². The van der Waals surface area contributed by atoms with Crippen molar-refractivity contribution in [1.82, 2.24) is 4.98 Å². The van der Waals surface area contributed by atoms with E-state index in [0.29, 0.717) is 13.0 Å². The normalized spacial score (nSPS) is 10.9. The summed E-state index contributed by atoms with van der Waals surface area (Å²) in [5.74, 6) is 0.246. The third-order valence-electron chi connectivity index (χ3n) is 1.37. The SMILES string of the molecule is FC(F)c1c(I)cc(CCl)nc1I. The third kappa shape index (κ3) is 2.85.